The minimum atomic E-state index is 0.0252. The number of benzene rings is 2. The molecule has 2 aromatic heterocycles. The molecule has 4 aromatic rings. The van der Waals surface area contributed by atoms with Crippen LogP contribution in [0, 0.1) is 13.8 Å². The van der Waals surface area contributed by atoms with Crippen molar-refractivity contribution < 1.29 is 0 Å². The monoisotopic (exact) mass is 577 g/mol. The van der Waals surface area contributed by atoms with Gasteiger partial charge in [0, 0.05) is 0 Å². The Labute approximate surface area is 261 Å². The van der Waals surface area contributed by atoms with Crippen LogP contribution in [0.15, 0.2) is 90.6 Å². The molecule has 1 atom stereocenters. The topological polar surface area (TPSA) is 47.5 Å². The second kappa shape index (κ2) is 18.6. The van der Waals surface area contributed by atoms with Crippen molar-refractivity contribution in [3.63, 3.8) is 0 Å². The van der Waals surface area contributed by atoms with Gasteiger partial charge in [0.2, 0.25) is 0 Å². The molecule has 1 N–H and O–H groups in total. The molecule has 0 saturated carbocycles. The summed E-state index contributed by atoms with van der Waals surface area (Å²) in [5.41, 5.74) is 7.29. The zero-order chi connectivity index (χ0) is 31.8. The van der Waals surface area contributed by atoms with Crippen molar-refractivity contribution in [1.29, 1.82) is 0 Å². The van der Waals surface area contributed by atoms with Crippen LogP contribution < -0.4 is 15.2 Å². The van der Waals surface area contributed by atoms with Crippen LogP contribution in [-0.2, 0) is 0 Å². The summed E-state index contributed by atoms with van der Waals surface area (Å²) in [7, 11) is 0. The van der Waals surface area contributed by atoms with Crippen LogP contribution >= 0.6 is 0 Å². The molecule has 0 aliphatic rings. The Morgan fingerprint density at radius 1 is 0.884 bits per heavy atom. The third-order valence-corrected chi connectivity index (χ3v) is 6.89. The predicted molar refractivity (Wildman–Crippen MR) is 189 cm³/mol. The maximum atomic E-state index is 5.07. The van der Waals surface area contributed by atoms with E-state index in [0.717, 1.165) is 65.4 Å². The average Bonchev–Trinajstić information content (AvgIpc) is 3.04. The Kier molecular flexibility index (Phi) is 15.2. The number of anilines is 3. The number of rotatable bonds is 11. The number of aryl methyl sites for hydroxylation is 2. The van der Waals surface area contributed by atoms with Crippen LogP contribution in [0.1, 0.15) is 89.7 Å². The van der Waals surface area contributed by atoms with E-state index in [9.17, 15) is 0 Å². The van der Waals surface area contributed by atoms with E-state index in [0.29, 0.717) is 0 Å². The Bertz CT molecular complexity index is 1440. The zero-order valence-electron chi connectivity index (χ0n) is 28.0. The SMILES string of the molecule is C=C(c1ccc(C)cc1)N(c1bc(=NC(C)c2ccccc2)[nH]cc1)c1ccc(N(CCC)CCC)nc1C.CC.CC. The molecule has 228 valence electrons. The molecule has 0 bridgehead atoms. The maximum absolute atomic E-state index is 5.07. The van der Waals surface area contributed by atoms with E-state index in [1.54, 1.807) is 0 Å². The molecule has 6 heteroatoms. The molecule has 0 amide bonds. The molecule has 1 unspecified atom stereocenters. The number of nitrogens with zero attached hydrogens (tertiary/aromatic N) is 4. The minimum absolute atomic E-state index is 0.0252. The summed E-state index contributed by atoms with van der Waals surface area (Å²) in [4.78, 5) is 17.9. The van der Waals surface area contributed by atoms with Gasteiger partial charge in [-0.2, -0.15) is 0 Å². The molecule has 0 spiro atoms. The first kappa shape index (κ1) is 35.3. The van der Waals surface area contributed by atoms with Gasteiger partial charge < -0.3 is 0 Å². The zero-order valence-corrected chi connectivity index (χ0v) is 28.0. The van der Waals surface area contributed by atoms with Gasteiger partial charge in [-0.15, -0.1) is 0 Å². The first-order valence-corrected chi connectivity index (χ1v) is 16.0. The Morgan fingerprint density at radius 3 is 2.09 bits per heavy atom. The van der Waals surface area contributed by atoms with Crippen molar-refractivity contribution in [2.24, 2.45) is 4.99 Å². The fourth-order valence-electron chi connectivity index (χ4n) is 4.82. The number of aromatic nitrogens is 2. The number of hydrogen-bond acceptors (Lipinski definition) is 4. The average molecular weight is 578 g/mol. The first-order chi connectivity index (χ1) is 20.9. The summed E-state index contributed by atoms with van der Waals surface area (Å²) < 4.78 is 0. The van der Waals surface area contributed by atoms with Crippen LogP contribution in [-0.4, -0.2) is 30.0 Å². The van der Waals surface area contributed by atoms with Crippen molar-refractivity contribution in [1.82, 2.24) is 9.97 Å². The standard InChI is InChI=1S/C33H40BN5.2C2H6/c1-7-22-38(23-8-2)32-19-18-30(26(5)36-32)39(27(6)29-16-14-24(3)15-17-29)31-20-21-35-33(34-31)37-25(4)28-12-10-9-11-13-28;2*1-2/h9-21,25H,6-8,22-23H2,1-5H3,(H,35,37);2*1-2H3. The van der Waals surface area contributed by atoms with Gasteiger partial charge >= 0.3 is 234 Å². The quantitative estimate of drug-likeness (QED) is 0.193. The maximum Gasteiger partial charge on any atom is -0.0683 e. The molecule has 5 nitrogen and oxygen atoms in total. The Hall–Kier alpha value is -3.93. The van der Waals surface area contributed by atoms with Gasteiger partial charge in [0.25, 0.3) is 0 Å². The van der Waals surface area contributed by atoms with E-state index in [1.807, 2.05) is 40.0 Å². The predicted octanol–water partition coefficient (Wildman–Crippen LogP) is 9.51. The first-order valence-electron chi connectivity index (χ1n) is 16.0. The summed E-state index contributed by atoms with van der Waals surface area (Å²) in [5.74, 6) is 1.02. The Balaban J connectivity index is 0.00000155. The van der Waals surface area contributed by atoms with Gasteiger partial charge in [-0.1, -0.05) is 27.7 Å². The van der Waals surface area contributed by atoms with Crippen LogP contribution in [0.2, 0.25) is 0 Å². The second-order valence-corrected chi connectivity index (χ2v) is 10.1. The molecular weight excluding hydrogens is 525 g/mol. The van der Waals surface area contributed by atoms with Crippen molar-refractivity contribution >= 4 is 29.7 Å². The van der Waals surface area contributed by atoms with Crippen molar-refractivity contribution in [2.75, 3.05) is 22.9 Å². The van der Waals surface area contributed by atoms with Crippen molar-refractivity contribution in [3.8, 4) is 0 Å². The van der Waals surface area contributed by atoms with E-state index >= 15 is 0 Å². The molecule has 0 saturated heterocycles. The molecule has 0 radical (unpaired) electrons. The van der Waals surface area contributed by atoms with Gasteiger partial charge in [0.05, 0.1) is 0 Å². The van der Waals surface area contributed by atoms with E-state index in [-0.39, 0.29) is 6.04 Å². The second-order valence-electron chi connectivity index (χ2n) is 10.1. The number of nitrogens with one attached hydrogen (secondary N) is 1. The van der Waals surface area contributed by atoms with E-state index in [1.165, 1.54) is 11.1 Å². The van der Waals surface area contributed by atoms with Gasteiger partial charge in [0.15, 0.2) is 0 Å². The van der Waals surface area contributed by atoms with Crippen LogP contribution in [0.25, 0.3) is 5.70 Å². The molecular formula is C37H52BN5. The van der Waals surface area contributed by atoms with Gasteiger partial charge in [-0.3, -0.25) is 0 Å². The number of hydrogen-bond donors (Lipinski definition) is 1. The number of pyridine rings is 1. The van der Waals surface area contributed by atoms with Gasteiger partial charge in [-0.25, -0.2) is 0 Å². The Morgan fingerprint density at radius 2 is 1.51 bits per heavy atom. The fraction of sp³-hybridized carbons (Fsp3) is 0.378. The molecule has 43 heavy (non-hydrogen) atoms. The third-order valence-electron chi connectivity index (χ3n) is 6.89. The van der Waals surface area contributed by atoms with Gasteiger partial charge in [-0.05, 0) is 0 Å². The summed E-state index contributed by atoms with van der Waals surface area (Å²) in [6.07, 6.45) is 4.13. The van der Waals surface area contributed by atoms with Gasteiger partial charge in [0.1, 0.15) is 0 Å². The summed E-state index contributed by atoms with van der Waals surface area (Å²) in [6.45, 7) is 27.4. The third kappa shape index (κ3) is 9.81. The van der Waals surface area contributed by atoms with E-state index in [4.69, 9.17) is 9.98 Å². The fourth-order valence-corrected chi connectivity index (χ4v) is 4.82. The normalized spacial score (nSPS) is 11.3. The summed E-state index contributed by atoms with van der Waals surface area (Å²) >= 11 is 0. The number of aromatic amines is 1. The summed E-state index contributed by atoms with van der Waals surface area (Å²) in [5, 5.41) is 0.810. The largest absolute Gasteiger partial charge is 0.0683 e. The molecule has 2 heterocycles. The smallest absolute Gasteiger partial charge is 0.0683 e. The summed E-state index contributed by atoms with van der Waals surface area (Å²) in [6, 6.07) is 25.3. The van der Waals surface area contributed by atoms with Crippen LogP contribution in [0.4, 0.5) is 17.1 Å². The molecule has 0 aliphatic heterocycles. The van der Waals surface area contributed by atoms with Crippen LogP contribution in [0.3, 0.4) is 0 Å². The molecule has 4 rings (SSSR count). The van der Waals surface area contributed by atoms with E-state index in [2.05, 4.69) is 130 Å². The minimum Gasteiger partial charge on any atom is -0.0683 e. The van der Waals surface area contributed by atoms with Crippen molar-refractivity contribution in [2.45, 2.75) is 81.2 Å². The van der Waals surface area contributed by atoms with Crippen LogP contribution in [0.5, 0.6) is 0 Å². The van der Waals surface area contributed by atoms with E-state index < -0.39 is 0 Å². The molecule has 0 aliphatic carbocycles. The molecule has 2 aromatic carbocycles. The molecule has 0 fully saturated rings. The number of H-pyrrole nitrogens is 1. The van der Waals surface area contributed by atoms with Crippen molar-refractivity contribution in [3.05, 3.63) is 113 Å².